The zero-order valence-corrected chi connectivity index (χ0v) is 17.4. The standard InChI is InChI=1S/C23H25F3N2O3/c1-15(17-8-10-18(11-9-17)22(30)31-2)27-21(29)20-7-4-12-28(20)14-16-5-3-6-19(13-16)23(24,25)26/h3,5-6,8-11,13,15,20H,4,7,12,14H2,1-2H3,(H,27,29)/t15-,20+/m0/s1. The molecule has 1 aliphatic heterocycles. The molecule has 0 aromatic heterocycles. The number of amides is 1. The Kier molecular flexibility index (Phi) is 7.00. The minimum atomic E-state index is -4.39. The first-order chi connectivity index (χ1) is 14.7. The summed E-state index contributed by atoms with van der Waals surface area (Å²) in [5.74, 6) is -0.589. The van der Waals surface area contributed by atoms with Gasteiger partial charge in [-0.3, -0.25) is 9.69 Å². The van der Waals surface area contributed by atoms with E-state index in [1.54, 1.807) is 30.3 Å². The summed E-state index contributed by atoms with van der Waals surface area (Å²) in [4.78, 5) is 26.3. The lowest BCUT2D eigenvalue weighted by Gasteiger charge is -2.26. The van der Waals surface area contributed by atoms with Crippen LogP contribution in [0.15, 0.2) is 48.5 Å². The van der Waals surface area contributed by atoms with E-state index in [0.29, 0.717) is 24.1 Å². The first-order valence-corrected chi connectivity index (χ1v) is 10.1. The van der Waals surface area contributed by atoms with E-state index in [0.717, 1.165) is 24.1 Å². The number of methoxy groups -OCH3 is 1. The second-order valence-corrected chi connectivity index (χ2v) is 7.67. The lowest BCUT2D eigenvalue weighted by molar-refractivity contribution is -0.137. The summed E-state index contributed by atoms with van der Waals surface area (Å²) < 4.78 is 43.6. The van der Waals surface area contributed by atoms with Gasteiger partial charge in [-0.2, -0.15) is 13.2 Å². The summed E-state index contributed by atoms with van der Waals surface area (Å²) in [5, 5.41) is 2.98. The number of hydrogen-bond donors (Lipinski definition) is 1. The fraction of sp³-hybridized carbons (Fsp3) is 0.391. The molecule has 0 saturated carbocycles. The molecule has 1 N–H and O–H groups in total. The first kappa shape index (κ1) is 22.8. The van der Waals surface area contributed by atoms with E-state index >= 15 is 0 Å². The molecule has 2 aromatic rings. The van der Waals surface area contributed by atoms with Gasteiger partial charge in [0.05, 0.1) is 30.3 Å². The molecule has 1 saturated heterocycles. The number of carbonyl (C=O) groups excluding carboxylic acids is 2. The fourth-order valence-corrected chi connectivity index (χ4v) is 3.81. The van der Waals surface area contributed by atoms with Crippen LogP contribution in [0.4, 0.5) is 13.2 Å². The fourth-order valence-electron chi connectivity index (χ4n) is 3.81. The molecule has 166 valence electrons. The molecule has 0 radical (unpaired) electrons. The molecule has 8 heteroatoms. The molecule has 1 amide bonds. The second kappa shape index (κ2) is 9.51. The topological polar surface area (TPSA) is 58.6 Å². The Morgan fingerprint density at radius 2 is 1.90 bits per heavy atom. The van der Waals surface area contributed by atoms with Gasteiger partial charge in [-0.1, -0.05) is 30.3 Å². The van der Waals surface area contributed by atoms with Gasteiger partial charge < -0.3 is 10.1 Å². The van der Waals surface area contributed by atoms with Crippen LogP contribution in [0.25, 0.3) is 0 Å². The second-order valence-electron chi connectivity index (χ2n) is 7.67. The predicted molar refractivity (Wildman–Crippen MR) is 109 cm³/mol. The molecule has 31 heavy (non-hydrogen) atoms. The summed E-state index contributed by atoms with van der Waals surface area (Å²) in [6, 6.07) is 11.3. The van der Waals surface area contributed by atoms with Crippen LogP contribution in [-0.2, 0) is 22.3 Å². The summed E-state index contributed by atoms with van der Waals surface area (Å²) >= 11 is 0. The molecule has 2 atom stereocenters. The van der Waals surface area contributed by atoms with Crippen molar-refractivity contribution >= 4 is 11.9 Å². The average molecular weight is 434 g/mol. The van der Waals surface area contributed by atoms with E-state index in [1.807, 2.05) is 11.8 Å². The van der Waals surface area contributed by atoms with Gasteiger partial charge in [0.1, 0.15) is 0 Å². The number of alkyl halides is 3. The van der Waals surface area contributed by atoms with Crippen molar-refractivity contribution in [2.75, 3.05) is 13.7 Å². The van der Waals surface area contributed by atoms with Crippen LogP contribution < -0.4 is 5.32 Å². The van der Waals surface area contributed by atoms with Crippen molar-refractivity contribution in [3.05, 3.63) is 70.8 Å². The molecule has 5 nitrogen and oxygen atoms in total. The Hall–Kier alpha value is -2.87. The third-order valence-corrected chi connectivity index (χ3v) is 5.50. The van der Waals surface area contributed by atoms with Gasteiger partial charge in [0.15, 0.2) is 0 Å². The van der Waals surface area contributed by atoms with E-state index in [-0.39, 0.29) is 18.5 Å². The predicted octanol–water partition coefficient (Wildman–Crippen LogP) is 4.33. The first-order valence-electron chi connectivity index (χ1n) is 10.1. The van der Waals surface area contributed by atoms with Crippen molar-refractivity contribution in [3.8, 4) is 0 Å². The Labute approximate surface area is 179 Å². The minimum absolute atomic E-state index is 0.158. The van der Waals surface area contributed by atoms with Gasteiger partial charge >= 0.3 is 12.1 Å². The summed E-state index contributed by atoms with van der Waals surface area (Å²) in [6.07, 6.45) is -2.94. The summed E-state index contributed by atoms with van der Waals surface area (Å²) in [7, 11) is 1.31. The van der Waals surface area contributed by atoms with Crippen LogP contribution in [0.2, 0.25) is 0 Å². The molecular formula is C23H25F3N2O3. The van der Waals surface area contributed by atoms with Crippen molar-refractivity contribution in [2.24, 2.45) is 0 Å². The highest BCUT2D eigenvalue weighted by atomic mass is 19.4. The summed E-state index contributed by atoms with van der Waals surface area (Å²) in [5.41, 5.74) is 1.10. The number of likely N-dealkylation sites (tertiary alicyclic amines) is 1. The zero-order chi connectivity index (χ0) is 22.6. The van der Waals surface area contributed by atoms with E-state index in [1.165, 1.54) is 13.2 Å². The van der Waals surface area contributed by atoms with Crippen LogP contribution in [0, 0.1) is 0 Å². The van der Waals surface area contributed by atoms with Gasteiger partial charge in [0.25, 0.3) is 0 Å². The number of hydrogen-bond acceptors (Lipinski definition) is 4. The number of ether oxygens (including phenoxy) is 1. The maximum absolute atomic E-state index is 13.0. The number of esters is 1. The molecule has 0 bridgehead atoms. The highest BCUT2D eigenvalue weighted by molar-refractivity contribution is 5.89. The van der Waals surface area contributed by atoms with E-state index in [2.05, 4.69) is 10.1 Å². The third-order valence-electron chi connectivity index (χ3n) is 5.50. The molecule has 0 aliphatic carbocycles. The number of carbonyl (C=O) groups is 2. The number of rotatable bonds is 6. The number of nitrogens with zero attached hydrogens (tertiary/aromatic N) is 1. The largest absolute Gasteiger partial charge is 0.465 e. The normalized spacial score (nSPS) is 17.9. The maximum atomic E-state index is 13.0. The summed E-state index contributed by atoms with van der Waals surface area (Å²) in [6.45, 7) is 2.78. The SMILES string of the molecule is COC(=O)c1ccc([C@H](C)NC(=O)[C@H]2CCCN2Cc2cccc(C(F)(F)F)c2)cc1. The Bertz CT molecular complexity index is 928. The quantitative estimate of drug-likeness (QED) is 0.688. The maximum Gasteiger partial charge on any atom is 0.416 e. The van der Waals surface area contributed by atoms with Gasteiger partial charge in [0, 0.05) is 6.54 Å². The Morgan fingerprint density at radius 1 is 1.19 bits per heavy atom. The van der Waals surface area contributed by atoms with Gasteiger partial charge in [0.2, 0.25) is 5.91 Å². The molecule has 1 aliphatic rings. The highest BCUT2D eigenvalue weighted by Crippen LogP contribution is 2.30. The minimum Gasteiger partial charge on any atom is -0.465 e. The van der Waals surface area contributed by atoms with Crippen molar-refractivity contribution in [3.63, 3.8) is 0 Å². The molecule has 1 heterocycles. The molecule has 0 spiro atoms. The Balaban J connectivity index is 1.64. The van der Waals surface area contributed by atoms with Crippen LogP contribution >= 0.6 is 0 Å². The monoisotopic (exact) mass is 434 g/mol. The van der Waals surface area contributed by atoms with Crippen LogP contribution in [0.5, 0.6) is 0 Å². The van der Waals surface area contributed by atoms with Crippen LogP contribution in [-0.4, -0.2) is 36.5 Å². The molecule has 0 unspecified atom stereocenters. The van der Waals surface area contributed by atoms with Crippen molar-refractivity contribution in [1.29, 1.82) is 0 Å². The van der Waals surface area contributed by atoms with Gasteiger partial charge in [-0.05, 0) is 55.6 Å². The van der Waals surface area contributed by atoms with E-state index < -0.39 is 23.8 Å². The third kappa shape index (κ3) is 5.64. The molecule has 1 fully saturated rings. The average Bonchev–Trinajstić information content (AvgIpc) is 3.21. The molecule has 2 aromatic carbocycles. The van der Waals surface area contributed by atoms with Crippen LogP contribution in [0.1, 0.15) is 52.9 Å². The lowest BCUT2D eigenvalue weighted by atomic mass is 10.1. The van der Waals surface area contributed by atoms with Gasteiger partial charge in [-0.15, -0.1) is 0 Å². The molecule has 3 rings (SSSR count). The highest BCUT2D eigenvalue weighted by Gasteiger charge is 2.33. The van der Waals surface area contributed by atoms with Crippen molar-refractivity contribution in [1.82, 2.24) is 10.2 Å². The number of halogens is 3. The molecular weight excluding hydrogens is 409 g/mol. The van der Waals surface area contributed by atoms with Crippen molar-refractivity contribution < 1.29 is 27.5 Å². The zero-order valence-electron chi connectivity index (χ0n) is 17.4. The lowest BCUT2D eigenvalue weighted by Crippen LogP contribution is -2.43. The number of benzene rings is 2. The van der Waals surface area contributed by atoms with E-state index in [9.17, 15) is 22.8 Å². The van der Waals surface area contributed by atoms with Crippen LogP contribution in [0.3, 0.4) is 0 Å². The smallest absolute Gasteiger partial charge is 0.416 e. The Morgan fingerprint density at radius 3 is 2.55 bits per heavy atom. The van der Waals surface area contributed by atoms with Gasteiger partial charge in [-0.25, -0.2) is 4.79 Å². The number of nitrogens with one attached hydrogen (secondary N) is 1. The van der Waals surface area contributed by atoms with Crippen molar-refractivity contribution in [2.45, 2.75) is 44.6 Å². The van der Waals surface area contributed by atoms with E-state index in [4.69, 9.17) is 0 Å².